The Kier molecular flexibility index (Phi) is 4.20. The van der Waals surface area contributed by atoms with Crippen LogP contribution in [0.15, 0.2) is 23.1 Å². The largest absolute Gasteiger partial charge is 0.397 e. The Bertz CT molecular complexity index is 649. The molecule has 2 rings (SSSR count). The van der Waals surface area contributed by atoms with Crippen LogP contribution in [0, 0.1) is 10.1 Å². The molecule has 2 N–H and O–H groups in total. The van der Waals surface area contributed by atoms with Crippen LogP contribution < -0.4 is 5.73 Å². The first-order valence-corrected chi connectivity index (χ1v) is 8.26. The van der Waals surface area contributed by atoms with Crippen molar-refractivity contribution in [1.82, 2.24) is 4.31 Å². The molecule has 1 heterocycles. The van der Waals surface area contributed by atoms with Gasteiger partial charge in [-0.2, -0.15) is 4.31 Å². The Hall–Kier alpha value is -1.67. The highest BCUT2D eigenvalue weighted by molar-refractivity contribution is 7.89. The van der Waals surface area contributed by atoms with E-state index >= 15 is 0 Å². The van der Waals surface area contributed by atoms with Crippen LogP contribution in [0.3, 0.4) is 0 Å². The molecule has 116 valence electrons. The van der Waals surface area contributed by atoms with Crippen LogP contribution in [0.5, 0.6) is 0 Å². The smallest absolute Gasteiger partial charge is 0.271 e. The van der Waals surface area contributed by atoms with Gasteiger partial charge in [0.1, 0.15) is 4.90 Å². The van der Waals surface area contributed by atoms with E-state index < -0.39 is 14.9 Å². The van der Waals surface area contributed by atoms with Crippen molar-refractivity contribution in [3.63, 3.8) is 0 Å². The standard InChI is InChI=1S/C13H19N3O4S/c1-9-4-3-5-10(2)15(9)21(19,20)13-7-6-11(16(17)18)8-12(13)14/h6-10H,3-5,14H2,1-2H3/t9-,10+. The molecule has 21 heavy (non-hydrogen) atoms. The second-order valence-corrected chi connectivity index (χ2v) is 7.25. The first-order chi connectivity index (χ1) is 9.75. The van der Waals surface area contributed by atoms with Gasteiger partial charge in [0.25, 0.3) is 5.69 Å². The minimum absolute atomic E-state index is 0.0614. The predicted molar refractivity (Wildman–Crippen MR) is 79.3 cm³/mol. The molecular formula is C13H19N3O4S. The van der Waals surface area contributed by atoms with Gasteiger partial charge >= 0.3 is 0 Å². The number of nitrogens with two attached hydrogens (primary N) is 1. The third-order valence-electron chi connectivity index (χ3n) is 3.87. The number of nitro benzene ring substituents is 1. The van der Waals surface area contributed by atoms with E-state index in [9.17, 15) is 18.5 Å². The lowest BCUT2D eigenvalue weighted by Gasteiger charge is -2.37. The quantitative estimate of drug-likeness (QED) is 0.522. The van der Waals surface area contributed by atoms with E-state index in [4.69, 9.17) is 5.73 Å². The fraction of sp³-hybridized carbons (Fsp3) is 0.538. The van der Waals surface area contributed by atoms with Crippen LogP contribution >= 0.6 is 0 Å². The molecule has 0 unspecified atom stereocenters. The van der Waals surface area contributed by atoms with Crippen LogP contribution in [0.1, 0.15) is 33.1 Å². The van der Waals surface area contributed by atoms with Gasteiger partial charge in [-0.3, -0.25) is 10.1 Å². The molecule has 2 atom stereocenters. The van der Waals surface area contributed by atoms with Crippen molar-refractivity contribution in [2.24, 2.45) is 0 Å². The first kappa shape index (κ1) is 15.7. The fourth-order valence-electron chi connectivity index (χ4n) is 2.87. The summed E-state index contributed by atoms with van der Waals surface area (Å²) in [7, 11) is -3.75. The molecule has 1 aromatic rings. The van der Waals surface area contributed by atoms with Crippen molar-refractivity contribution < 1.29 is 13.3 Å². The summed E-state index contributed by atoms with van der Waals surface area (Å²) in [4.78, 5) is 10.1. The number of hydrogen-bond donors (Lipinski definition) is 1. The van der Waals surface area contributed by atoms with E-state index in [1.54, 1.807) is 0 Å². The average molecular weight is 313 g/mol. The number of non-ortho nitro benzene ring substituents is 1. The lowest BCUT2D eigenvalue weighted by molar-refractivity contribution is -0.384. The molecule has 0 bridgehead atoms. The van der Waals surface area contributed by atoms with Crippen LogP contribution in [0.25, 0.3) is 0 Å². The zero-order valence-corrected chi connectivity index (χ0v) is 12.8. The molecule has 0 radical (unpaired) electrons. The summed E-state index contributed by atoms with van der Waals surface area (Å²) in [5.74, 6) is 0. The van der Waals surface area contributed by atoms with Crippen LogP contribution in [-0.2, 0) is 10.0 Å². The summed E-state index contributed by atoms with van der Waals surface area (Å²) in [5, 5.41) is 10.7. The number of nitro groups is 1. The Morgan fingerprint density at radius 1 is 1.29 bits per heavy atom. The highest BCUT2D eigenvalue weighted by Crippen LogP contribution is 2.33. The van der Waals surface area contributed by atoms with Crippen molar-refractivity contribution in [2.75, 3.05) is 5.73 Å². The van der Waals surface area contributed by atoms with Crippen molar-refractivity contribution in [3.05, 3.63) is 28.3 Å². The van der Waals surface area contributed by atoms with E-state index in [2.05, 4.69) is 0 Å². The van der Waals surface area contributed by atoms with E-state index in [0.717, 1.165) is 25.3 Å². The number of rotatable bonds is 3. The molecule has 1 aliphatic heterocycles. The van der Waals surface area contributed by atoms with Gasteiger partial charge in [-0.1, -0.05) is 6.42 Å². The normalized spacial score (nSPS) is 23.9. The molecule has 0 aromatic heterocycles. The second kappa shape index (κ2) is 5.61. The molecule has 0 spiro atoms. The van der Waals surface area contributed by atoms with E-state index in [1.807, 2.05) is 13.8 Å². The summed E-state index contributed by atoms with van der Waals surface area (Å²) < 4.78 is 27.0. The Morgan fingerprint density at radius 3 is 2.33 bits per heavy atom. The zero-order chi connectivity index (χ0) is 15.8. The van der Waals surface area contributed by atoms with Gasteiger partial charge in [-0.05, 0) is 32.8 Å². The Balaban J connectivity index is 2.46. The molecule has 1 aromatic carbocycles. The number of nitrogens with zero attached hydrogens (tertiary/aromatic N) is 2. The van der Waals surface area contributed by atoms with Gasteiger partial charge in [0.2, 0.25) is 10.0 Å². The second-order valence-electron chi connectivity index (χ2n) is 5.44. The Labute approximate surface area is 123 Å². The van der Waals surface area contributed by atoms with Crippen LogP contribution in [-0.4, -0.2) is 29.7 Å². The molecule has 0 aliphatic carbocycles. The van der Waals surface area contributed by atoms with Crippen molar-refractivity contribution in [1.29, 1.82) is 0 Å². The first-order valence-electron chi connectivity index (χ1n) is 6.82. The number of piperidine rings is 1. The molecule has 1 fully saturated rings. The van der Waals surface area contributed by atoms with Gasteiger partial charge < -0.3 is 5.73 Å². The number of anilines is 1. The topological polar surface area (TPSA) is 107 Å². The summed E-state index contributed by atoms with van der Waals surface area (Å²) >= 11 is 0. The third kappa shape index (κ3) is 2.86. The molecule has 8 heteroatoms. The van der Waals surface area contributed by atoms with Gasteiger partial charge in [0.15, 0.2) is 0 Å². The molecule has 1 saturated heterocycles. The van der Waals surface area contributed by atoms with Gasteiger partial charge in [-0.15, -0.1) is 0 Å². The maximum atomic E-state index is 12.8. The van der Waals surface area contributed by atoms with Gasteiger partial charge in [-0.25, -0.2) is 8.42 Å². The molecular weight excluding hydrogens is 294 g/mol. The van der Waals surface area contributed by atoms with E-state index in [1.165, 1.54) is 16.4 Å². The maximum absolute atomic E-state index is 12.8. The average Bonchev–Trinajstić information content (AvgIpc) is 2.37. The van der Waals surface area contributed by atoms with E-state index in [-0.39, 0.29) is 28.4 Å². The lowest BCUT2D eigenvalue weighted by Crippen LogP contribution is -2.47. The summed E-state index contributed by atoms with van der Waals surface area (Å²) in [6.45, 7) is 3.74. The van der Waals surface area contributed by atoms with Crippen molar-refractivity contribution >= 4 is 21.4 Å². The van der Waals surface area contributed by atoms with Gasteiger partial charge in [0, 0.05) is 24.2 Å². The van der Waals surface area contributed by atoms with Crippen molar-refractivity contribution in [2.45, 2.75) is 50.1 Å². The lowest BCUT2D eigenvalue weighted by atomic mass is 10.0. The summed E-state index contributed by atoms with van der Waals surface area (Å²) in [6.07, 6.45) is 2.59. The number of hydrogen-bond acceptors (Lipinski definition) is 5. The molecule has 0 saturated carbocycles. The number of nitrogen functional groups attached to an aromatic ring is 1. The number of benzene rings is 1. The summed E-state index contributed by atoms with van der Waals surface area (Å²) in [5.41, 5.74) is 5.43. The minimum Gasteiger partial charge on any atom is -0.397 e. The molecule has 1 aliphatic rings. The molecule has 0 amide bonds. The minimum atomic E-state index is -3.75. The number of sulfonamides is 1. The van der Waals surface area contributed by atoms with Gasteiger partial charge in [0.05, 0.1) is 10.6 Å². The highest BCUT2D eigenvalue weighted by Gasteiger charge is 2.36. The maximum Gasteiger partial charge on any atom is 0.271 e. The van der Waals surface area contributed by atoms with Crippen LogP contribution in [0.4, 0.5) is 11.4 Å². The zero-order valence-electron chi connectivity index (χ0n) is 12.0. The highest BCUT2D eigenvalue weighted by atomic mass is 32.2. The van der Waals surface area contributed by atoms with Crippen molar-refractivity contribution in [3.8, 4) is 0 Å². The molecule has 7 nitrogen and oxygen atoms in total. The third-order valence-corrected chi connectivity index (χ3v) is 6.07. The monoisotopic (exact) mass is 313 g/mol. The van der Waals surface area contributed by atoms with Crippen LogP contribution in [0.2, 0.25) is 0 Å². The van der Waals surface area contributed by atoms with E-state index in [0.29, 0.717) is 0 Å². The summed E-state index contributed by atoms with van der Waals surface area (Å²) in [6, 6.07) is 3.27. The SMILES string of the molecule is C[C@@H]1CCC[C@H](C)N1S(=O)(=O)c1ccc([N+](=O)[O-])cc1N. The Morgan fingerprint density at radius 2 is 1.86 bits per heavy atom. The fourth-order valence-corrected chi connectivity index (χ4v) is 4.85. The predicted octanol–water partition coefficient (Wildman–Crippen LogP) is 2.13.